The summed E-state index contributed by atoms with van der Waals surface area (Å²) >= 11 is 0. The number of aromatic carboxylic acids is 1. The van der Waals surface area contributed by atoms with Gasteiger partial charge in [0.05, 0.1) is 16.2 Å². The van der Waals surface area contributed by atoms with E-state index in [4.69, 9.17) is 0 Å². The Balaban J connectivity index is 1.84. The van der Waals surface area contributed by atoms with E-state index in [1.165, 1.54) is 24.3 Å². The predicted octanol–water partition coefficient (Wildman–Crippen LogP) is 6.52. The number of nitro benzene ring substituents is 1. The first-order valence-corrected chi connectivity index (χ1v) is 10.4. The fourth-order valence-corrected chi connectivity index (χ4v) is 3.43. The smallest absolute Gasteiger partial charge is 0.433 e. The van der Waals surface area contributed by atoms with Crippen LogP contribution < -0.4 is 0 Å². The van der Waals surface area contributed by atoms with Crippen molar-refractivity contribution < 1.29 is 41.2 Å². The minimum absolute atomic E-state index is 0.0260. The molecule has 0 amide bonds. The van der Waals surface area contributed by atoms with Gasteiger partial charge in [-0.1, -0.05) is 18.2 Å². The summed E-state index contributed by atoms with van der Waals surface area (Å²) in [6.07, 6.45) is -8.94. The van der Waals surface area contributed by atoms with E-state index < -0.39 is 46.1 Å². The molecule has 0 aliphatic carbocycles. The Kier molecular flexibility index (Phi) is 6.57. The second kappa shape index (κ2) is 9.53. The molecule has 2 heterocycles. The first-order chi connectivity index (χ1) is 17.7. The van der Waals surface area contributed by atoms with E-state index in [1.54, 1.807) is 0 Å². The number of non-ortho nitro benzene ring substituents is 1. The molecule has 8 nitrogen and oxygen atoms in total. The summed E-state index contributed by atoms with van der Waals surface area (Å²) in [6, 6.07) is 10.7. The number of carboxylic acid groups (broad SMARTS) is 1. The van der Waals surface area contributed by atoms with Crippen molar-refractivity contribution in [3.05, 3.63) is 93.9 Å². The van der Waals surface area contributed by atoms with Gasteiger partial charge in [-0.2, -0.15) is 26.3 Å². The fourth-order valence-electron chi connectivity index (χ4n) is 3.43. The van der Waals surface area contributed by atoms with Crippen LogP contribution in [0.25, 0.3) is 33.8 Å². The molecule has 0 spiro atoms. The standard InChI is InChI=1S/C24H12F6N4O4/c25-23(26,27)19-5-4-14(11-31-19)18-10-20(24(28,29)30)33-21(32-18)13-3-1-2-12(6-13)15-7-16(22(35)36)9-17(8-15)34(37)38/h1-11H,(H,35,36). The van der Waals surface area contributed by atoms with Crippen molar-refractivity contribution in [2.24, 2.45) is 0 Å². The van der Waals surface area contributed by atoms with Crippen LogP contribution >= 0.6 is 0 Å². The number of nitrogens with zero attached hydrogens (tertiary/aromatic N) is 4. The Hall–Kier alpha value is -4.88. The van der Waals surface area contributed by atoms with Gasteiger partial charge in [-0.25, -0.2) is 14.8 Å². The number of carbonyl (C=O) groups is 1. The Bertz CT molecular complexity index is 1520. The Morgan fingerprint density at radius 2 is 1.47 bits per heavy atom. The van der Waals surface area contributed by atoms with Crippen molar-refractivity contribution in [1.29, 1.82) is 0 Å². The van der Waals surface area contributed by atoms with Crippen molar-refractivity contribution in [3.63, 3.8) is 0 Å². The maximum atomic E-state index is 13.6. The lowest BCUT2D eigenvalue weighted by molar-refractivity contribution is -0.384. The summed E-state index contributed by atoms with van der Waals surface area (Å²) in [5.41, 5.74) is -3.65. The molecule has 0 aliphatic heterocycles. The highest BCUT2D eigenvalue weighted by atomic mass is 19.4. The van der Waals surface area contributed by atoms with Crippen molar-refractivity contribution in [1.82, 2.24) is 15.0 Å². The number of hydrogen-bond donors (Lipinski definition) is 1. The molecule has 0 fully saturated rings. The molecule has 2 aromatic carbocycles. The second-order valence-electron chi connectivity index (χ2n) is 7.80. The average Bonchev–Trinajstić information content (AvgIpc) is 2.87. The third kappa shape index (κ3) is 5.58. The number of rotatable bonds is 5. The topological polar surface area (TPSA) is 119 Å². The van der Waals surface area contributed by atoms with E-state index in [0.29, 0.717) is 12.1 Å². The van der Waals surface area contributed by atoms with Crippen LogP contribution in [0.15, 0.2) is 66.9 Å². The van der Waals surface area contributed by atoms with Crippen LogP contribution in [-0.4, -0.2) is 31.0 Å². The molecular weight excluding hydrogens is 522 g/mol. The summed E-state index contributed by atoms with van der Waals surface area (Å²) in [5, 5.41) is 20.5. The highest BCUT2D eigenvalue weighted by Gasteiger charge is 2.35. The number of benzene rings is 2. The van der Waals surface area contributed by atoms with Crippen molar-refractivity contribution in [2.45, 2.75) is 12.4 Å². The predicted molar refractivity (Wildman–Crippen MR) is 120 cm³/mol. The quantitative estimate of drug-likeness (QED) is 0.176. The van der Waals surface area contributed by atoms with Gasteiger partial charge >= 0.3 is 18.3 Å². The fraction of sp³-hybridized carbons (Fsp3) is 0.0833. The number of halogens is 6. The van der Waals surface area contributed by atoms with Gasteiger partial charge in [0.2, 0.25) is 0 Å². The SMILES string of the molecule is O=C(O)c1cc(-c2cccc(-c3nc(-c4ccc(C(F)(F)F)nc4)cc(C(F)(F)F)n3)c2)cc([N+](=O)[O-])c1. The molecule has 2 aromatic heterocycles. The van der Waals surface area contributed by atoms with E-state index in [-0.39, 0.29) is 33.5 Å². The van der Waals surface area contributed by atoms with Crippen LogP contribution in [0.5, 0.6) is 0 Å². The molecule has 0 aliphatic rings. The monoisotopic (exact) mass is 534 g/mol. The largest absolute Gasteiger partial charge is 0.478 e. The number of aromatic nitrogens is 3. The van der Waals surface area contributed by atoms with Crippen molar-refractivity contribution in [3.8, 4) is 33.8 Å². The van der Waals surface area contributed by atoms with Gasteiger partial charge in [-0.05, 0) is 41.5 Å². The molecule has 4 rings (SSSR count). The highest BCUT2D eigenvalue weighted by molar-refractivity contribution is 5.91. The molecule has 0 unspecified atom stereocenters. The molecular formula is C24H12F6N4O4. The van der Waals surface area contributed by atoms with Crippen molar-refractivity contribution in [2.75, 3.05) is 0 Å². The van der Waals surface area contributed by atoms with Gasteiger partial charge in [0.25, 0.3) is 5.69 Å². The Morgan fingerprint density at radius 3 is 2.05 bits per heavy atom. The maximum absolute atomic E-state index is 13.6. The van der Waals surface area contributed by atoms with Gasteiger partial charge in [-0.3, -0.25) is 15.1 Å². The molecule has 194 valence electrons. The molecule has 0 atom stereocenters. The number of pyridine rings is 1. The zero-order valence-electron chi connectivity index (χ0n) is 18.6. The average molecular weight is 534 g/mol. The summed E-state index contributed by atoms with van der Waals surface area (Å²) in [5.74, 6) is -1.87. The first-order valence-electron chi connectivity index (χ1n) is 10.4. The second-order valence-corrected chi connectivity index (χ2v) is 7.80. The zero-order valence-corrected chi connectivity index (χ0v) is 18.6. The van der Waals surface area contributed by atoms with Crippen LogP contribution in [0.3, 0.4) is 0 Å². The summed E-state index contributed by atoms with van der Waals surface area (Å²) in [7, 11) is 0. The maximum Gasteiger partial charge on any atom is 0.433 e. The summed E-state index contributed by atoms with van der Waals surface area (Å²) in [6.45, 7) is 0. The van der Waals surface area contributed by atoms with Crippen LogP contribution in [0, 0.1) is 10.1 Å². The molecule has 0 radical (unpaired) electrons. The lowest BCUT2D eigenvalue weighted by Crippen LogP contribution is -2.11. The zero-order chi connectivity index (χ0) is 27.8. The van der Waals surface area contributed by atoms with E-state index in [2.05, 4.69) is 15.0 Å². The first kappa shape index (κ1) is 26.2. The van der Waals surface area contributed by atoms with Gasteiger partial charge in [0.1, 0.15) is 11.4 Å². The molecule has 0 bridgehead atoms. The van der Waals surface area contributed by atoms with Crippen LogP contribution in [0.2, 0.25) is 0 Å². The van der Waals surface area contributed by atoms with E-state index in [0.717, 1.165) is 30.5 Å². The Morgan fingerprint density at radius 1 is 0.789 bits per heavy atom. The number of nitro groups is 1. The lowest BCUT2D eigenvalue weighted by atomic mass is 9.99. The van der Waals surface area contributed by atoms with Gasteiger partial charge in [0, 0.05) is 29.5 Å². The molecule has 14 heteroatoms. The van der Waals surface area contributed by atoms with Crippen molar-refractivity contribution >= 4 is 11.7 Å². The number of hydrogen-bond acceptors (Lipinski definition) is 6. The van der Waals surface area contributed by atoms with Crippen LogP contribution in [0.1, 0.15) is 21.7 Å². The van der Waals surface area contributed by atoms with Crippen LogP contribution in [-0.2, 0) is 12.4 Å². The van der Waals surface area contributed by atoms with Gasteiger partial charge in [-0.15, -0.1) is 0 Å². The van der Waals surface area contributed by atoms with Crippen LogP contribution in [0.4, 0.5) is 32.0 Å². The molecule has 38 heavy (non-hydrogen) atoms. The molecule has 0 saturated carbocycles. The minimum atomic E-state index is -4.93. The number of alkyl halides is 6. The third-order valence-electron chi connectivity index (χ3n) is 5.20. The normalized spacial score (nSPS) is 11.8. The highest BCUT2D eigenvalue weighted by Crippen LogP contribution is 2.35. The lowest BCUT2D eigenvalue weighted by Gasteiger charge is -2.12. The van der Waals surface area contributed by atoms with Gasteiger partial charge < -0.3 is 5.11 Å². The van der Waals surface area contributed by atoms with E-state index in [1.807, 2.05) is 0 Å². The molecule has 0 saturated heterocycles. The third-order valence-corrected chi connectivity index (χ3v) is 5.20. The Labute approximate surface area is 208 Å². The summed E-state index contributed by atoms with van der Waals surface area (Å²) in [4.78, 5) is 32.7. The van der Waals surface area contributed by atoms with E-state index in [9.17, 15) is 46.4 Å². The van der Waals surface area contributed by atoms with E-state index >= 15 is 0 Å². The number of carboxylic acids is 1. The summed E-state index contributed by atoms with van der Waals surface area (Å²) < 4.78 is 79.3. The minimum Gasteiger partial charge on any atom is -0.478 e. The molecule has 4 aromatic rings. The van der Waals surface area contributed by atoms with Gasteiger partial charge in [0.15, 0.2) is 5.82 Å². The molecule has 1 N–H and O–H groups in total.